The second-order valence-electron chi connectivity index (χ2n) is 8.23. The molecule has 6 heteroatoms. The highest BCUT2D eigenvalue weighted by Crippen LogP contribution is 2.25. The number of carbonyl (C=O) groups is 1. The van der Waals surface area contributed by atoms with Gasteiger partial charge in [-0.2, -0.15) is 4.37 Å². The molecule has 0 bridgehead atoms. The maximum Gasteiger partial charge on any atom is 0.226 e. The van der Waals surface area contributed by atoms with E-state index in [4.69, 9.17) is 4.98 Å². The van der Waals surface area contributed by atoms with E-state index in [2.05, 4.69) is 66.1 Å². The van der Waals surface area contributed by atoms with Crippen molar-refractivity contribution in [1.29, 1.82) is 0 Å². The number of piperazine rings is 1. The Morgan fingerprint density at radius 1 is 1.24 bits per heavy atom. The maximum atomic E-state index is 13.0. The molecule has 3 rings (SSSR count). The minimum atomic E-state index is 0.173. The Balaban J connectivity index is 1.58. The van der Waals surface area contributed by atoms with Crippen molar-refractivity contribution in [2.75, 3.05) is 24.5 Å². The first-order chi connectivity index (χ1) is 14.0. The molecule has 1 amide bonds. The van der Waals surface area contributed by atoms with Gasteiger partial charge < -0.3 is 9.80 Å². The molecule has 2 atom stereocenters. The third kappa shape index (κ3) is 5.56. The van der Waals surface area contributed by atoms with E-state index in [0.29, 0.717) is 5.91 Å². The van der Waals surface area contributed by atoms with Crippen molar-refractivity contribution in [3.8, 4) is 0 Å². The predicted molar refractivity (Wildman–Crippen MR) is 121 cm³/mol. The number of hydrogen-bond donors (Lipinski definition) is 0. The van der Waals surface area contributed by atoms with E-state index >= 15 is 0 Å². The first-order valence-corrected chi connectivity index (χ1v) is 11.7. The third-order valence-corrected chi connectivity index (χ3v) is 6.68. The lowest BCUT2D eigenvalue weighted by Crippen LogP contribution is -2.55. The highest BCUT2D eigenvalue weighted by Gasteiger charge is 2.31. The number of amides is 1. The number of rotatable bonds is 8. The Morgan fingerprint density at radius 2 is 2.00 bits per heavy atom. The van der Waals surface area contributed by atoms with Crippen molar-refractivity contribution in [3.05, 3.63) is 41.2 Å². The van der Waals surface area contributed by atoms with Crippen LogP contribution < -0.4 is 4.90 Å². The molecular weight excluding hydrogens is 380 g/mol. The zero-order valence-electron chi connectivity index (χ0n) is 18.2. The first kappa shape index (κ1) is 21.8. The lowest BCUT2D eigenvalue weighted by atomic mass is 9.96. The van der Waals surface area contributed by atoms with E-state index < -0.39 is 0 Å². The molecule has 1 aromatic carbocycles. The van der Waals surface area contributed by atoms with Crippen LogP contribution in [0.2, 0.25) is 0 Å². The largest absolute Gasteiger partial charge is 0.343 e. The van der Waals surface area contributed by atoms with Crippen molar-refractivity contribution in [1.82, 2.24) is 14.3 Å². The number of hydrogen-bond acceptors (Lipinski definition) is 5. The highest BCUT2D eigenvalue weighted by molar-refractivity contribution is 7.09. The van der Waals surface area contributed by atoms with Crippen LogP contribution in [-0.4, -0.2) is 45.8 Å². The van der Waals surface area contributed by atoms with Crippen LogP contribution in [0.5, 0.6) is 0 Å². The topological polar surface area (TPSA) is 49.3 Å². The Kier molecular flexibility index (Phi) is 7.64. The van der Waals surface area contributed by atoms with Crippen LogP contribution >= 0.6 is 11.5 Å². The van der Waals surface area contributed by atoms with Crippen LogP contribution in [0, 0.1) is 12.8 Å². The van der Waals surface area contributed by atoms with Gasteiger partial charge in [0.15, 0.2) is 0 Å². The number of nitrogens with zero attached hydrogens (tertiary/aromatic N) is 4. The molecule has 1 aliphatic rings. The molecule has 0 N–H and O–H groups in total. The smallest absolute Gasteiger partial charge is 0.226 e. The van der Waals surface area contributed by atoms with Gasteiger partial charge in [-0.05, 0) is 32.3 Å². The quantitative estimate of drug-likeness (QED) is 0.629. The summed E-state index contributed by atoms with van der Waals surface area (Å²) in [7, 11) is 0. The van der Waals surface area contributed by atoms with Crippen molar-refractivity contribution >= 4 is 22.6 Å². The van der Waals surface area contributed by atoms with E-state index in [1.807, 2.05) is 0 Å². The summed E-state index contributed by atoms with van der Waals surface area (Å²) in [5.74, 6) is 1.39. The van der Waals surface area contributed by atoms with E-state index in [1.54, 1.807) is 0 Å². The minimum Gasteiger partial charge on any atom is -0.343 e. The molecule has 29 heavy (non-hydrogen) atoms. The van der Waals surface area contributed by atoms with Gasteiger partial charge in [-0.3, -0.25) is 4.79 Å². The molecule has 5 nitrogen and oxygen atoms in total. The Labute approximate surface area is 179 Å². The lowest BCUT2D eigenvalue weighted by Gasteiger charge is -2.41. The van der Waals surface area contributed by atoms with Gasteiger partial charge in [0.05, 0.1) is 0 Å². The first-order valence-electron chi connectivity index (χ1n) is 10.9. The Morgan fingerprint density at radius 3 is 2.66 bits per heavy atom. The van der Waals surface area contributed by atoms with Crippen molar-refractivity contribution in [2.45, 2.75) is 65.8 Å². The standard InChI is InChI=1S/C23H34N4OS/c1-5-7-8-20(6-2)22(28)27-14-13-26(16-18(27)4)23-24-21(25-29-23)15-19-11-9-17(3)10-12-19/h9-12,18,20H,5-8,13-16H2,1-4H3/t18-,20+/m0/s1. The summed E-state index contributed by atoms with van der Waals surface area (Å²) in [6, 6.07) is 8.75. The highest BCUT2D eigenvalue weighted by atomic mass is 32.1. The normalized spacial score (nSPS) is 18.1. The van der Waals surface area contributed by atoms with Crippen LogP contribution in [0.15, 0.2) is 24.3 Å². The molecule has 1 fully saturated rings. The van der Waals surface area contributed by atoms with Gasteiger partial charge in [-0.25, -0.2) is 4.98 Å². The zero-order chi connectivity index (χ0) is 20.8. The molecule has 1 aromatic heterocycles. The van der Waals surface area contributed by atoms with Gasteiger partial charge in [0, 0.05) is 49.5 Å². The molecular formula is C23H34N4OS. The van der Waals surface area contributed by atoms with Crippen LogP contribution in [-0.2, 0) is 11.2 Å². The number of carbonyl (C=O) groups excluding carboxylic acids is 1. The number of aromatic nitrogens is 2. The van der Waals surface area contributed by atoms with Gasteiger partial charge >= 0.3 is 0 Å². The van der Waals surface area contributed by atoms with Crippen LogP contribution in [0.1, 0.15) is 63.4 Å². The van der Waals surface area contributed by atoms with Crippen molar-refractivity contribution in [2.24, 2.45) is 5.92 Å². The van der Waals surface area contributed by atoms with E-state index in [-0.39, 0.29) is 12.0 Å². The summed E-state index contributed by atoms with van der Waals surface area (Å²) in [5.41, 5.74) is 2.50. The van der Waals surface area contributed by atoms with E-state index in [9.17, 15) is 4.79 Å². The lowest BCUT2D eigenvalue weighted by molar-refractivity contribution is -0.138. The summed E-state index contributed by atoms with van der Waals surface area (Å²) < 4.78 is 4.57. The van der Waals surface area contributed by atoms with Gasteiger partial charge in [0.2, 0.25) is 11.0 Å². The fourth-order valence-corrected chi connectivity index (χ4v) is 4.70. The molecule has 1 aliphatic heterocycles. The van der Waals surface area contributed by atoms with Crippen molar-refractivity contribution < 1.29 is 4.79 Å². The SMILES string of the molecule is CCCC[C@@H](CC)C(=O)N1CCN(c2nc(Cc3ccc(C)cc3)ns2)C[C@@H]1C. The molecule has 0 spiro atoms. The third-order valence-electron chi connectivity index (χ3n) is 5.87. The zero-order valence-corrected chi connectivity index (χ0v) is 19.0. The van der Waals surface area contributed by atoms with Gasteiger partial charge in [0.1, 0.15) is 5.82 Å². The number of benzene rings is 1. The second kappa shape index (κ2) is 10.2. The molecule has 0 unspecified atom stereocenters. The number of aryl methyl sites for hydroxylation is 1. The fourth-order valence-electron chi connectivity index (χ4n) is 3.98. The second-order valence-corrected chi connectivity index (χ2v) is 8.96. The average molecular weight is 415 g/mol. The molecule has 2 aromatic rings. The summed E-state index contributed by atoms with van der Waals surface area (Å²) in [6.07, 6.45) is 4.99. The van der Waals surface area contributed by atoms with E-state index in [1.165, 1.54) is 22.7 Å². The molecule has 0 radical (unpaired) electrons. The molecule has 0 saturated carbocycles. The van der Waals surface area contributed by atoms with Crippen LogP contribution in [0.4, 0.5) is 5.13 Å². The summed E-state index contributed by atoms with van der Waals surface area (Å²) in [5, 5.41) is 0.976. The van der Waals surface area contributed by atoms with Gasteiger partial charge in [0.25, 0.3) is 0 Å². The molecule has 158 valence electrons. The maximum absolute atomic E-state index is 13.0. The number of anilines is 1. The van der Waals surface area contributed by atoms with Crippen LogP contribution in [0.3, 0.4) is 0 Å². The van der Waals surface area contributed by atoms with Gasteiger partial charge in [-0.1, -0.05) is 56.5 Å². The molecule has 2 heterocycles. The predicted octanol–water partition coefficient (Wildman–Crippen LogP) is 4.69. The van der Waals surface area contributed by atoms with E-state index in [0.717, 1.165) is 62.7 Å². The average Bonchev–Trinajstić information content (AvgIpc) is 3.18. The van der Waals surface area contributed by atoms with Crippen LogP contribution in [0.25, 0.3) is 0 Å². The fraction of sp³-hybridized carbons (Fsp3) is 0.609. The Hall–Kier alpha value is -1.95. The minimum absolute atomic E-state index is 0.173. The Bertz CT molecular complexity index is 788. The molecule has 0 aliphatic carbocycles. The summed E-state index contributed by atoms with van der Waals surface area (Å²) in [6.45, 7) is 11.0. The number of unbranched alkanes of at least 4 members (excludes halogenated alkanes) is 1. The monoisotopic (exact) mass is 414 g/mol. The molecule has 1 saturated heterocycles. The summed E-state index contributed by atoms with van der Waals surface area (Å²) in [4.78, 5) is 22.2. The summed E-state index contributed by atoms with van der Waals surface area (Å²) >= 11 is 1.47. The van der Waals surface area contributed by atoms with Crippen molar-refractivity contribution in [3.63, 3.8) is 0 Å². The van der Waals surface area contributed by atoms with Gasteiger partial charge in [-0.15, -0.1) is 0 Å².